The predicted molar refractivity (Wildman–Crippen MR) is 45.4 cm³/mol. The zero-order valence-electron chi connectivity index (χ0n) is 7.99. The molecule has 0 aromatic carbocycles. The molecule has 1 aliphatic carbocycles. The normalized spacial score (nSPS) is 36.2. The van der Waals surface area contributed by atoms with Gasteiger partial charge < -0.3 is 5.32 Å². The van der Waals surface area contributed by atoms with E-state index in [0.717, 1.165) is 0 Å². The monoisotopic (exact) mass is 195 g/mol. The van der Waals surface area contributed by atoms with Crippen LogP contribution < -0.4 is 5.32 Å². The van der Waals surface area contributed by atoms with Crippen molar-refractivity contribution in [2.75, 3.05) is 7.05 Å². The van der Waals surface area contributed by atoms with Gasteiger partial charge in [-0.25, -0.2) is 0 Å². The van der Waals surface area contributed by atoms with E-state index in [-0.39, 0.29) is 18.4 Å². The van der Waals surface area contributed by atoms with Crippen LogP contribution in [-0.4, -0.2) is 19.3 Å². The molecule has 1 nitrogen and oxygen atoms in total. The quantitative estimate of drug-likeness (QED) is 0.678. The summed E-state index contributed by atoms with van der Waals surface area (Å²) in [5.74, 6) is -1.33. The molecule has 0 heterocycles. The van der Waals surface area contributed by atoms with Crippen LogP contribution in [0, 0.1) is 11.8 Å². The fourth-order valence-electron chi connectivity index (χ4n) is 2.14. The van der Waals surface area contributed by atoms with E-state index in [1.807, 2.05) is 7.05 Å². The van der Waals surface area contributed by atoms with Crippen LogP contribution in [0.2, 0.25) is 0 Å². The zero-order valence-corrected chi connectivity index (χ0v) is 7.99. The maximum atomic E-state index is 12.4. The Morgan fingerprint density at radius 1 is 1.23 bits per heavy atom. The van der Waals surface area contributed by atoms with Gasteiger partial charge in [0.25, 0.3) is 0 Å². The fraction of sp³-hybridized carbons (Fsp3) is 1.00. The lowest BCUT2D eigenvalue weighted by Gasteiger charge is -2.35. The van der Waals surface area contributed by atoms with Crippen molar-refractivity contribution in [2.24, 2.45) is 11.8 Å². The molecule has 3 unspecified atom stereocenters. The molecule has 78 valence electrons. The highest BCUT2D eigenvalue weighted by molar-refractivity contribution is 4.84. The van der Waals surface area contributed by atoms with Gasteiger partial charge in [0.2, 0.25) is 0 Å². The third-order valence-electron chi connectivity index (χ3n) is 3.00. The molecule has 4 heteroatoms. The van der Waals surface area contributed by atoms with Crippen molar-refractivity contribution in [3.8, 4) is 0 Å². The van der Waals surface area contributed by atoms with E-state index >= 15 is 0 Å². The largest absolute Gasteiger partial charge is 0.392 e. The van der Waals surface area contributed by atoms with Gasteiger partial charge in [0, 0.05) is 6.04 Å². The summed E-state index contributed by atoms with van der Waals surface area (Å²) in [7, 11) is 1.81. The van der Waals surface area contributed by atoms with Crippen LogP contribution in [0.1, 0.15) is 26.2 Å². The summed E-state index contributed by atoms with van der Waals surface area (Å²) >= 11 is 0. The molecule has 0 bridgehead atoms. The summed E-state index contributed by atoms with van der Waals surface area (Å²) in [4.78, 5) is 0. The lowest BCUT2D eigenvalue weighted by atomic mass is 9.77. The van der Waals surface area contributed by atoms with Gasteiger partial charge in [-0.15, -0.1) is 0 Å². The molecular formula is C9H16F3N. The molecular weight excluding hydrogens is 179 g/mol. The minimum absolute atomic E-state index is 0.244. The zero-order chi connectivity index (χ0) is 10.1. The second-order valence-electron chi connectivity index (χ2n) is 3.92. The Morgan fingerprint density at radius 3 is 2.23 bits per heavy atom. The lowest BCUT2D eigenvalue weighted by molar-refractivity contribution is -0.195. The van der Waals surface area contributed by atoms with Crippen molar-refractivity contribution in [3.63, 3.8) is 0 Å². The molecule has 1 rings (SSSR count). The first kappa shape index (κ1) is 10.8. The Hall–Kier alpha value is -0.250. The second-order valence-corrected chi connectivity index (χ2v) is 3.92. The first-order valence-corrected chi connectivity index (χ1v) is 4.69. The molecule has 0 aromatic rings. The molecule has 1 aliphatic rings. The number of hydrogen-bond acceptors (Lipinski definition) is 1. The average molecular weight is 195 g/mol. The van der Waals surface area contributed by atoms with Crippen molar-refractivity contribution in [2.45, 2.75) is 38.4 Å². The van der Waals surface area contributed by atoms with Gasteiger partial charge in [0.05, 0.1) is 5.92 Å². The number of nitrogens with one attached hydrogen (secondary N) is 1. The highest BCUT2D eigenvalue weighted by Crippen LogP contribution is 2.40. The van der Waals surface area contributed by atoms with Gasteiger partial charge >= 0.3 is 6.18 Å². The predicted octanol–water partition coefficient (Wildman–Crippen LogP) is 2.57. The summed E-state index contributed by atoms with van der Waals surface area (Å²) < 4.78 is 37.2. The Kier molecular flexibility index (Phi) is 3.22. The molecule has 0 saturated heterocycles. The summed E-state index contributed by atoms with van der Waals surface area (Å²) in [5.41, 5.74) is 0. The van der Waals surface area contributed by atoms with Gasteiger partial charge in [-0.2, -0.15) is 13.2 Å². The SMILES string of the molecule is CNC1CCC(C(F)(F)F)C(C)C1. The van der Waals surface area contributed by atoms with E-state index in [2.05, 4.69) is 5.32 Å². The lowest BCUT2D eigenvalue weighted by Crippen LogP contribution is -2.40. The van der Waals surface area contributed by atoms with E-state index in [1.54, 1.807) is 6.92 Å². The molecule has 13 heavy (non-hydrogen) atoms. The maximum absolute atomic E-state index is 12.4. The van der Waals surface area contributed by atoms with Crippen molar-refractivity contribution in [1.82, 2.24) is 5.32 Å². The van der Waals surface area contributed by atoms with E-state index < -0.39 is 12.1 Å². The van der Waals surface area contributed by atoms with Crippen LogP contribution in [0.15, 0.2) is 0 Å². The van der Waals surface area contributed by atoms with Gasteiger partial charge in [0.15, 0.2) is 0 Å². The minimum atomic E-state index is -4.00. The smallest absolute Gasteiger partial charge is 0.317 e. The van der Waals surface area contributed by atoms with Crippen molar-refractivity contribution < 1.29 is 13.2 Å². The minimum Gasteiger partial charge on any atom is -0.317 e. The molecule has 1 fully saturated rings. The van der Waals surface area contributed by atoms with Crippen LogP contribution in [0.5, 0.6) is 0 Å². The first-order chi connectivity index (χ1) is 5.95. The van der Waals surface area contributed by atoms with Crippen LogP contribution in [0.3, 0.4) is 0 Å². The summed E-state index contributed by atoms with van der Waals surface area (Å²) in [6.45, 7) is 1.70. The van der Waals surface area contributed by atoms with Gasteiger partial charge in [-0.1, -0.05) is 6.92 Å². The van der Waals surface area contributed by atoms with E-state index in [9.17, 15) is 13.2 Å². The average Bonchev–Trinajstić information content (AvgIpc) is 2.01. The van der Waals surface area contributed by atoms with Crippen LogP contribution in [0.4, 0.5) is 13.2 Å². The standard InChI is InChI=1S/C9H16F3N/c1-6-5-7(13-2)3-4-8(6)9(10,11)12/h6-8,13H,3-5H2,1-2H3. The second kappa shape index (κ2) is 3.86. The molecule has 0 radical (unpaired) electrons. The maximum Gasteiger partial charge on any atom is 0.392 e. The number of hydrogen-bond donors (Lipinski definition) is 1. The van der Waals surface area contributed by atoms with E-state index in [1.165, 1.54) is 0 Å². The third-order valence-corrected chi connectivity index (χ3v) is 3.00. The first-order valence-electron chi connectivity index (χ1n) is 4.69. The molecule has 1 saturated carbocycles. The van der Waals surface area contributed by atoms with E-state index in [4.69, 9.17) is 0 Å². The van der Waals surface area contributed by atoms with Crippen LogP contribution in [0.25, 0.3) is 0 Å². The molecule has 3 atom stereocenters. The molecule has 0 spiro atoms. The Bertz CT molecular complexity index is 167. The molecule has 0 aliphatic heterocycles. The van der Waals surface area contributed by atoms with Gasteiger partial charge in [-0.05, 0) is 32.2 Å². The van der Waals surface area contributed by atoms with Gasteiger partial charge in [0.1, 0.15) is 0 Å². The van der Waals surface area contributed by atoms with Crippen molar-refractivity contribution >= 4 is 0 Å². The Balaban J connectivity index is 2.53. The Morgan fingerprint density at radius 2 is 1.85 bits per heavy atom. The van der Waals surface area contributed by atoms with Crippen molar-refractivity contribution in [3.05, 3.63) is 0 Å². The number of rotatable bonds is 1. The Labute approximate surface area is 76.7 Å². The van der Waals surface area contributed by atoms with Gasteiger partial charge in [-0.3, -0.25) is 0 Å². The highest BCUT2D eigenvalue weighted by atomic mass is 19.4. The van der Waals surface area contributed by atoms with Crippen LogP contribution in [-0.2, 0) is 0 Å². The topological polar surface area (TPSA) is 12.0 Å². The van der Waals surface area contributed by atoms with Crippen LogP contribution >= 0.6 is 0 Å². The fourth-order valence-corrected chi connectivity index (χ4v) is 2.14. The molecule has 0 aromatic heterocycles. The third kappa shape index (κ3) is 2.59. The summed E-state index contributed by atoms with van der Waals surface area (Å²) in [5, 5.41) is 3.04. The number of halogens is 3. The van der Waals surface area contributed by atoms with Crippen molar-refractivity contribution in [1.29, 1.82) is 0 Å². The summed E-state index contributed by atoms with van der Waals surface area (Å²) in [6, 6.07) is 0.272. The highest BCUT2D eigenvalue weighted by Gasteiger charge is 2.45. The van der Waals surface area contributed by atoms with E-state index in [0.29, 0.717) is 12.8 Å². The molecule has 0 amide bonds. The number of alkyl halides is 3. The summed E-state index contributed by atoms with van der Waals surface area (Å²) in [6.07, 6.45) is -2.44. The molecule has 1 N–H and O–H groups in total.